The zero-order chi connectivity index (χ0) is 13.8. The van der Waals surface area contributed by atoms with Crippen LogP contribution in [0.3, 0.4) is 0 Å². The molecule has 2 rings (SSSR count). The largest absolute Gasteiger partial charge is 0.481 e. The average Bonchev–Trinajstić information content (AvgIpc) is 2.46. The van der Waals surface area contributed by atoms with Crippen LogP contribution in [-0.2, 0) is 4.79 Å². The van der Waals surface area contributed by atoms with Crippen LogP contribution in [0.25, 0.3) is 0 Å². The Kier molecular flexibility index (Phi) is 4.34. The second-order valence-electron chi connectivity index (χ2n) is 4.89. The molecule has 0 aromatic carbocycles. The normalized spacial score (nSPS) is 18.3. The van der Waals surface area contributed by atoms with Crippen LogP contribution in [0.1, 0.15) is 24.4 Å². The van der Waals surface area contributed by atoms with Gasteiger partial charge in [0.05, 0.1) is 5.92 Å². The molecule has 6 heteroatoms. The van der Waals surface area contributed by atoms with E-state index in [0.717, 1.165) is 24.5 Å². The van der Waals surface area contributed by atoms with Gasteiger partial charge in [-0.2, -0.15) is 0 Å². The van der Waals surface area contributed by atoms with Crippen LogP contribution in [0.2, 0.25) is 0 Å². The number of piperidine rings is 1. The van der Waals surface area contributed by atoms with Gasteiger partial charge in [0.1, 0.15) is 5.82 Å². The molecule has 1 aliphatic heterocycles. The van der Waals surface area contributed by atoms with Gasteiger partial charge in [-0.05, 0) is 24.5 Å². The topological polar surface area (TPSA) is 105 Å². The van der Waals surface area contributed by atoms with Crippen molar-refractivity contribution in [3.8, 4) is 0 Å². The Hall–Kier alpha value is -1.66. The van der Waals surface area contributed by atoms with Crippen molar-refractivity contribution < 1.29 is 9.90 Å². The van der Waals surface area contributed by atoms with Crippen LogP contribution in [-0.4, -0.2) is 35.7 Å². The maximum Gasteiger partial charge on any atom is 0.306 e. The maximum atomic E-state index is 10.9. The number of pyridine rings is 1. The lowest BCUT2D eigenvalue weighted by Gasteiger charge is -2.31. The number of anilines is 1. The first-order valence-corrected chi connectivity index (χ1v) is 6.51. The molecule has 1 aromatic heterocycles. The van der Waals surface area contributed by atoms with E-state index in [1.807, 2.05) is 12.1 Å². The highest BCUT2D eigenvalue weighted by molar-refractivity contribution is 5.70. The van der Waals surface area contributed by atoms with Crippen LogP contribution in [0.15, 0.2) is 18.3 Å². The van der Waals surface area contributed by atoms with E-state index in [2.05, 4.69) is 9.88 Å². The Labute approximate surface area is 112 Å². The van der Waals surface area contributed by atoms with Gasteiger partial charge >= 0.3 is 5.97 Å². The third kappa shape index (κ3) is 3.21. The summed E-state index contributed by atoms with van der Waals surface area (Å²) in [5.74, 6) is -0.0464. The number of rotatable bonds is 4. The molecule has 0 bridgehead atoms. The van der Waals surface area contributed by atoms with E-state index >= 15 is 0 Å². The van der Waals surface area contributed by atoms with E-state index in [0.29, 0.717) is 19.4 Å². The number of hydrogen-bond donors (Lipinski definition) is 3. The van der Waals surface area contributed by atoms with Crippen LogP contribution in [0.5, 0.6) is 0 Å². The summed E-state index contributed by atoms with van der Waals surface area (Å²) in [5.41, 5.74) is 12.3. The molecule has 0 saturated carbocycles. The SMILES string of the molecule is NCC(N)c1ccc(N2CCC(C(=O)O)CC2)nc1. The van der Waals surface area contributed by atoms with Gasteiger partial charge in [-0.25, -0.2) is 4.98 Å². The third-order valence-electron chi connectivity index (χ3n) is 3.62. The lowest BCUT2D eigenvalue weighted by Crippen LogP contribution is -2.36. The molecule has 1 fully saturated rings. The summed E-state index contributed by atoms with van der Waals surface area (Å²) in [4.78, 5) is 17.4. The highest BCUT2D eigenvalue weighted by Gasteiger charge is 2.24. The van der Waals surface area contributed by atoms with E-state index < -0.39 is 5.97 Å². The number of nitrogens with two attached hydrogens (primary N) is 2. The zero-order valence-electron chi connectivity index (χ0n) is 10.8. The zero-order valence-corrected chi connectivity index (χ0v) is 10.8. The molecule has 0 aliphatic carbocycles. The number of aliphatic carboxylic acids is 1. The molecule has 6 nitrogen and oxygen atoms in total. The summed E-state index contributed by atoms with van der Waals surface area (Å²) in [5, 5.41) is 8.96. The Morgan fingerprint density at radius 3 is 2.63 bits per heavy atom. The van der Waals surface area contributed by atoms with E-state index in [-0.39, 0.29) is 12.0 Å². The summed E-state index contributed by atoms with van der Waals surface area (Å²) in [6.07, 6.45) is 3.08. The van der Waals surface area contributed by atoms with E-state index in [4.69, 9.17) is 16.6 Å². The minimum absolute atomic E-state index is 0.181. The first-order chi connectivity index (χ1) is 9.11. The van der Waals surface area contributed by atoms with Gasteiger partial charge in [-0.1, -0.05) is 6.07 Å². The fraction of sp³-hybridized carbons (Fsp3) is 0.538. The number of carboxylic acids is 1. The van der Waals surface area contributed by atoms with Crippen molar-refractivity contribution in [3.63, 3.8) is 0 Å². The average molecular weight is 264 g/mol. The Morgan fingerprint density at radius 2 is 2.16 bits per heavy atom. The van der Waals surface area contributed by atoms with Crippen LogP contribution in [0, 0.1) is 5.92 Å². The summed E-state index contributed by atoms with van der Waals surface area (Å²) in [7, 11) is 0. The molecular formula is C13H20N4O2. The summed E-state index contributed by atoms with van der Waals surface area (Å²) >= 11 is 0. The minimum atomic E-state index is -0.697. The maximum absolute atomic E-state index is 10.9. The minimum Gasteiger partial charge on any atom is -0.481 e. The van der Waals surface area contributed by atoms with Gasteiger partial charge in [0.15, 0.2) is 0 Å². The molecule has 5 N–H and O–H groups in total. The molecule has 1 atom stereocenters. The smallest absolute Gasteiger partial charge is 0.306 e. The van der Waals surface area contributed by atoms with Crippen molar-refractivity contribution >= 4 is 11.8 Å². The van der Waals surface area contributed by atoms with Crippen molar-refractivity contribution in [2.24, 2.45) is 17.4 Å². The molecule has 0 amide bonds. The second-order valence-corrected chi connectivity index (χ2v) is 4.89. The van der Waals surface area contributed by atoms with E-state index in [1.165, 1.54) is 0 Å². The van der Waals surface area contributed by atoms with Crippen molar-refractivity contribution in [1.82, 2.24) is 4.98 Å². The fourth-order valence-electron chi connectivity index (χ4n) is 2.30. The molecular weight excluding hydrogens is 244 g/mol. The number of nitrogens with zero attached hydrogens (tertiary/aromatic N) is 2. The molecule has 1 aliphatic rings. The first-order valence-electron chi connectivity index (χ1n) is 6.51. The molecule has 0 radical (unpaired) electrons. The van der Waals surface area contributed by atoms with Crippen molar-refractivity contribution in [3.05, 3.63) is 23.9 Å². The highest BCUT2D eigenvalue weighted by Crippen LogP contribution is 2.22. The lowest BCUT2D eigenvalue weighted by molar-refractivity contribution is -0.142. The predicted molar refractivity (Wildman–Crippen MR) is 72.8 cm³/mol. The Bertz CT molecular complexity index is 427. The summed E-state index contributed by atoms with van der Waals surface area (Å²) < 4.78 is 0. The molecule has 1 aromatic rings. The van der Waals surface area contributed by atoms with Gasteiger partial charge in [-0.3, -0.25) is 4.79 Å². The van der Waals surface area contributed by atoms with Gasteiger partial charge in [0, 0.05) is 31.9 Å². The summed E-state index contributed by atoms with van der Waals surface area (Å²) in [6, 6.07) is 3.68. The molecule has 1 saturated heterocycles. The predicted octanol–water partition coefficient (Wildman–Crippen LogP) is 0.341. The van der Waals surface area contributed by atoms with Crippen LogP contribution < -0.4 is 16.4 Å². The van der Waals surface area contributed by atoms with Crippen molar-refractivity contribution in [1.29, 1.82) is 0 Å². The van der Waals surface area contributed by atoms with Crippen molar-refractivity contribution in [2.75, 3.05) is 24.5 Å². The van der Waals surface area contributed by atoms with E-state index in [1.54, 1.807) is 6.20 Å². The molecule has 1 unspecified atom stereocenters. The van der Waals surface area contributed by atoms with Gasteiger partial charge in [0.25, 0.3) is 0 Å². The van der Waals surface area contributed by atoms with Crippen LogP contribution in [0.4, 0.5) is 5.82 Å². The highest BCUT2D eigenvalue weighted by atomic mass is 16.4. The van der Waals surface area contributed by atoms with Gasteiger partial charge in [0.2, 0.25) is 0 Å². The lowest BCUT2D eigenvalue weighted by atomic mass is 9.97. The van der Waals surface area contributed by atoms with E-state index in [9.17, 15) is 4.79 Å². The second kappa shape index (κ2) is 5.99. The Morgan fingerprint density at radius 1 is 1.47 bits per heavy atom. The molecule has 0 spiro atoms. The number of hydrogen-bond acceptors (Lipinski definition) is 5. The third-order valence-corrected chi connectivity index (χ3v) is 3.62. The summed E-state index contributed by atoms with van der Waals surface area (Å²) in [6.45, 7) is 1.85. The standard InChI is InChI=1S/C13H20N4O2/c14-7-11(15)10-1-2-12(16-8-10)17-5-3-9(4-6-17)13(18)19/h1-2,8-9,11H,3-7,14-15H2,(H,18,19). The molecule has 2 heterocycles. The number of aromatic nitrogens is 1. The first kappa shape index (κ1) is 13.8. The van der Waals surface area contributed by atoms with Crippen molar-refractivity contribution in [2.45, 2.75) is 18.9 Å². The Balaban J connectivity index is 1.98. The molecule has 104 valence electrons. The fourth-order valence-corrected chi connectivity index (χ4v) is 2.30. The quantitative estimate of drug-likeness (QED) is 0.724. The van der Waals surface area contributed by atoms with Crippen LogP contribution >= 0.6 is 0 Å². The number of carboxylic acid groups (broad SMARTS) is 1. The molecule has 19 heavy (non-hydrogen) atoms. The van der Waals surface area contributed by atoms with Gasteiger partial charge in [-0.15, -0.1) is 0 Å². The number of carbonyl (C=O) groups is 1. The van der Waals surface area contributed by atoms with Gasteiger partial charge < -0.3 is 21.5 Å². The monoisotopic (exact) mass is 264 g/mol.